The molecule has 0 bridgehead atoms. The number of nitrogens with one attached hydrogen (secondary N) is 1. The molecule has 1 aromatic carbocycles. The summed E-state index contributed by atoms with van der Waals surface area (Å²) in [5.74, 6) is 1.56. The second kappa shape index (κ2) is 6.50. The van der Waals surface area contributed by atoms with Crippen molar-refractivity contribution in [3.05, 3.63) is 39.2 Å². The normalized spacial score (nSPS) is 10.8. The van der Waals surface area contributed by atoms with Crippen molar-refractivity contribution >= 4 is 31.9 Å². The molecule has 96 valence electrons. The second-order valence-electron chi connectivity index (χ2n) is 3.85. The zero-order valence-electron chi connectivity index (χ0n) is 10.0. The number of benzene rings is 1. The van der Waals surface area contributed by atoms with E-state index in [4.69, 9.17) is 4.42 Å². The number of hydrogen-bond donors (Lipinski definition) is 1. The van der Waals surface area contributed by atoms with Crippen molar-refractivity contribution in [2.75, 3.05) is 13.1 Å². The average Bonchev–Trinajstić information content (AvgIpc) is 2.78. The molecule has 1 aromatic heterocycles. The lowest BCUT2D eigenvalue weighted by Gasteiger charge is -2.01. The lowest BCUT2D eigenvalue weighted by atomic mass is 10.2. The third-order valence-electron chi connectivity index (χ3n) is 2.52. The van der Waals surface area contributed by atoms with Crippen LogP contribution in [-0.4, -0.2) is 18.1 Å². The zero-order valence-corrected chi connectivity index (χ0v) is 13.2. The van der Waals surface area contributed by atoms with Gasteiger partial charge in [-0.05, 0) is 40.7 Å². The van der Waals surface area contributed by atoms with Gasteiger partial charge in [-0.1, -0.05) is 22.9 Å². The largest absolute Gasteiger partial charge is 0.441 e. The highest BCUT2D eigenvalue weighted by Crippen LogP contribution is 2.31. The summed E-state index contributed by atoms with van der Waals surface area (Å²) in [5, 5.41) is 3.25. The topological polar surface area (TPSA) is 38.1 Å². The molecule has 2 aromatic rings. The van der Waals surface area contributed by atoms with E-state index in [1.807, 2.05) is 18.2 Å². The molecule has 0 aliphatic heterocycles. The van der Waals surface area contributed by atoms with Crippen molar-refractivity contribution in [2.45, 2.75) is 13.3 Å². The third-order valence-corrected chi connectivity index (χ3v) is 3.67. The summed E-state index contributed by atoms with van der Waals surface area (Å²) in [6.45, 7) is 3.93. The highest BCUT2D eigenvalue weighted by molar-refractivity contribution is 9.11. The number of nitrogens with zero attached hydrogens (tertiary/aromatic N) is 1. The maximum atomic E-state index is 5.74. The summed E-state index contributed by atoms with van der Waals surface area (Å²) >= 11 is 6.96. The van der Waals surface area contributed by atoms with Crippen LogP contribution < -0.4 is 5.32 Å². The Kier molecular flexibility index (Phi) is 4.97. The number of rotatable bonds is 5. The van der Waals surface area contributed by atoms with Gasteiger partial charge in [-0.3, -0.25) is 0 Å². The minimum atomic E-state index is 0.765. The van der Waals surface area contributed by atoms with Crippen molar-refractivity contribution in [2.24, 2.45) is 0 Å². The van der Waals surface area contributed by atoms with E-state index >= 15 is 0 Å². The Morgan fingerprint density at radius 3 is 2.89 bits per heavy atom. The molecule has 0 radical (unpaired) electrons. The first-order chi connectivity index (χ1) is 8.70. The van der Waals surface area contributed by atoms with E-state index in [2.05, 4.69) is 49.1 Å². The fraction of sp³-hybridized carbons (Fsp3) is 0.308. The van der Waals surface area contributed by atoms with Gasteiger partial charge >= 0.3 is 0 Å². The van der Waals surface area contributed by atoms with E-state index in [0.717, 1.165) is 45.7 Å². The maximum absolute atomic E-state index is 5.74. The SMILES string of the molecule is CCNCCc1ncc(-c2ccc(Br)cc2Br)o1. The van der Waals surface area contributed by atoms with Gasteiger partial charge in [0, 0.05) is 27.5 Å². The monoisotopic (exact) mass is 372 g/mol. The van der Waals surface area contributed by atoms with Crippen LogP contribution in [-0.2, 0) is 6.42 Å². The molecule has 5 heteroatoms. The number of halogens is 2. The summed E-state index contributed by atoms with van der Waals surface area (Å²) in [6.07, 6.45) is 2.58. The molecule has 2 rings (SSSR count). The van der Waals surface area contributed by atoms with E-state index in [9.17, 15) is 0 Å². The van der Waals surface area contributed by atoms with Crippen LogP contribution in [0.25, 0.3) is 11.3 Å². The standard InChI is InChI=1S/C13H14Br2N2O/c1-2-16-6-5-13-17-8-12(18-13)10-4-3-9(14)7-11(10)15/h3-4,7-8,16H,2,5-6H2,1H3. The number of hydrogen-bond acceptors (Lipinski definition) is 3. The molecule has 0 atom stereocenters. The molecule has 1 heterocycles. The minimum Gasteiger partial charge on any atom is -0.441 e. The Balaban J connectivity index is 2.13. The van der Waals surface area contributed by atoms with Gasteiger partial charge in [0.05, 0.1) is 6.20 Å². The van der Waals surface area contributed by atoms with E-state index in [1.165, 1.54) is 0 Å². The average molecular weight is 374 g/mol. The first-order valence-electron chi connectivity index (χ1n) is 5.81. The molecule has 0 fully saturated rings. The first kappa shape index (κ1) is 13.8. The summed E-state index contributed by atoms with van der Waals surface area (Å²) in [7, 11) is 0. The molecular formula is C13H14Br2N2O. The van der Waals surface area contributed by atoms with Crippen molar-refractivity contribution in [3.8, 4) is 11.3 Å². The Labute approximate surface area is 123 Å². The smallest absolute Gasteiger partial charge is 0.196 e. The summed E-state index contributed by atoms with van der Waals surface area (Å²) < 4.78 is 7.76. The van der Waals surface area contributed by atoms with E-state index in [1.54, 1.807) is 6.20 Å². The van der Waals surface area contributed by atoms with Gasteiger partial charge < -0.3 is 9.73 Å². The van der Waals surface area contributed by atoms with E-state index in [0.29, 0.717) is 0 Å². The molecule has 18 heavy (non-hydrogen) atoms. The van der Waals surface area contributed by atoms with Crippen LogP contribution in [0, 0.1) is 0 Å². The third kappa shape index (κ3) is 3.43. The Hall–Kier alpha value is -0.650. The molecule has 1 N–H and O–H groups in total. The number of aromatic nitrogens is 1. The van der Waals surface area contributed by atoms with Gasteiger partial charge in [-0.15, -0.1) is 0 Å². The Bertz CT molecular complexity index is 525. The highest BCUT2D eigenvalue weighted by atomic mass is 79.9. The molecular weight excluding hydrogens is 360 g/mol. The number of oxazole rings is 1. The molecule has 0 aliphatic carbocycles. The van der Waals surface area contributed by atoms with Crippen LogP contribution in [0.3, 0.4) is 0 Å². The Morgan fingerprint density at radius 1 is 1.33 bits per heavy atom. The lowest BCUT2D eigenvalue weighted by molar-refractivity contribution is 0.497. The van der Waals surface area contributed by atoms with E-state index in [-0.39, 0.29) is 0 Å². The fourth-order valence-corrected chi connectivity index (χ4v) is 2.85. The van der Waals surface area contributed by atoms with Crippen LogP contribution in [0.5, 0.6) is 0 Å². The van der Waals surface area contributed by atoms with Crippen LogP contribution in [0.15, 0.2) is 37.8 Å². The summed E-state index contributed by atoms with van der Waals surface area (Å²) in [6, 6.07) is 5.99. The fourth-order valence-electron chi connectivity index (χ4n) is 1.61. The lowest BCUT2D eigenvalue weighted by Crippen LogP contribution is -2.16. The predicted octanol–water partition coefficient (Wildman–Crippen LogP) is 4.02. The van der Waals surface area contributed by atoms with Crippen LogP contribution in [0.4, 0.5) is 0 Å². The van der Waals surface area contributed by atoms with Gasteiger partial charge in [0.1, 0.15) is 0 Å². The van der Waals surface area contributed by atoms with Crippen LogP contribution in [0.2, 0.25) is 0 Å². The van der Waals surface area contributed by atoms with Gasteiger partial charge in [-0.25, -0.2) is 4.98 Å². The van der Waals surface area contributed by atoms with Crippen LogP contribution in [0.1, 0.15) is 12.8 Å². The van der Waals surface area contributed by atoms with Crippen molar-refractivity contribution in [1.29, 1.82) is 0 Å². The second-order valence-corrected chi connectivity index (χ2v) is 5.62. The Morgan fingerprint density at radius 2 is 2.17 bits per heavy atom. The molecule has 0 spiro atoms. The van der Waals surface area contributed by atoms with Gasteiger partial charge in [-0.2, -0.15) is 0 Å². The van der Waals surface area contributed by atoms with Crippen molar-refractivity contribution in [1.82, 2.24) is 10.3 Å². The minimum absolute atomic E-state index is 0.765. The molecule has 0 aliphatic rings. The quantitative estimate of drug-likeness (QED) is 0.804. The highest BCUT2D eigenvalue weighted by Gasteiger charge is 2.09. The number of likely N-dealkylation sites (N-methyl/N-ethyl adjacent to an activating group) is 1. The zero-order chi connectivity index (χ0) is 13.0. The van der Waals surface area contributed by atoms with Crippen molar-refractivity contribution < 1.29 is 4.42 Å². The predicted molar refractivity (Wildman–Crippen MR) is 79.6 cm³/mol. The van der Waals surface area contributed by atoms with Crippen LogP contribution >= 0.6 is 31.9 Å². The maximum Gasteiger partial charge on any atom is 0.196 e. The van der Waals surface area contributed by atoms with Crippen molar-refractivity contribution in [3.63, 3.8) is 0 Å². The molecule has 3 nitrogen and oxygen atoms in total. The van der Waals surface area contributed by atoms with Gasteiger partial charge in [0.2, 0.25) is 0 Å². The molecule has 0 saturated heterocycles. The van der Waals surface area contributed by atoms with E-state index < -0.39 is 0 Å². The van der Waals surface area contributed by atoms with Gasteiger partial charge in [0.15, 0.2) is 11.7 Å². The summed E-state index contributed by atoms with van der Waals surface area (Å²) in [4.78, 5) is 4.29. The molecule has 0 unspecified atom stereocenters. The first-order valence-corrected chi connectivity index (χ1v) is 7.40. The van der Waals surface area contributed by atoms with Gasteiger partial charge in [0.25, 0.3) is 0 Å². The molecule has 0 amide bonds. The molecule has 0 saturated carbocycles. The summed E-state index contributed by atoms with van der Waals surface area (Å²) in [5.41, 5.74) is 1.01.